The standard InChI is InChI=1S/C16H16N2.C4H4O4/c1-12-10-16(8-9-17-12)18-15-7-6-13-4-2-3-5-14(13)11-15;5-3(6)1-2-4(7)8/h2-5,8-11H,6-7H2,1H3,(H,17,18);1-2H,(H,5,6)(H,7,8)/b;2-1+. The normalized spacial score (nSPS) is 12.4. The van der Waals surface area contributed by atoms with Crippen LogP contribution in [0.25, 0.3) is 6.08 Å². The third-order valence-electron chi connectivity index (χ3n) is 3.62. The average Bonchev–Trinajstić information content (AvgIpc) is 2.60. The van der Waals surface area contributed by atoms with E-state index in [1.165, 1.54) is 16.8 Å². The second kappa shape index (κ2) is 9.17. The van der Waals surface area contributed by atoms with E-state index in [4.69, 9.17) is 10.2 Å². The number of fused-ring (bicyclic) bond motifs is 1. The van der Waals surface area contributed by atoms with Gasteiger partial charge >= 0.3 is 11.9 Å². The molecule has 1 aliphatic rings. The van der Waals surface area contributed by atoms with Gasteiger partial charge in [-0.2, -0.15) is 0 Å². The van der Waals surface area contributed by atoms with Gasteiger partial charge in [-0.1, -0.05) is 24.3 Å². The van der Waals surface area contributed by atoms with Gasteiger partial charge < -0.3 is 15.5 Å². The molecule has 2 aromatic rings. The van der Waals surface area contributed by atoms with E-state index in [0.717, 1.165) is 24.2 Å². The fourth-order valence-electron chi connectivity index (χ4n) is 2.48. The van der Waals surface area contributed by atoms with E-state index < -0.39 is 11.9 Å². The van der Waals surface area contributed by atoms with Crippen LogP contribution in [0.3, 0.4) is 0 Å². The number of pyridine rings is 1. The molecule has 1 aromatic heterocycles. The van der Waals surface area contributed by atoms with E-state index in [-0.39, 0.29) is 0 Å². The Morgan fingerprint density at radius 1 is 1.08 bits per heavy atom. The first-order chi connectivity index (χ1) is 12.4. The Balaban J connectivity index is 0.000000260. The average molecular weight is 352 g/mol. The van der Waals surface area contributed by atoms with Crippen LogP contribution in [0.15, 0.2) is 60.4 Å². The van der Waals surface area contributed by atoms with Crippen LogP contribution >= 0.6 is 0 Å². The van der Waals surface area contributed by atoms with Crippen LogP contribution in [0.5, 0.6) is 0 Å². The highest BCUT2D eigenvalue weighted by molar-refractivity contribution is 5.89. The molecule has 6 heteroatoms. The molecule has 0 spiro atoms. The molecule has 1 aromatic carbocycles. The monoisotopic (exact) mass is 352 g/mol. The molecule has 3 N–H and O–H groups in total. The number of benzene rings is 1. The molecule has 26 heavy (non-hydrogen) atoms. The number of aromatic nitrogens is 1. The van der Waals surface area contributed by atoms with Gasteiger partial charge in [0, 0.05) is 35.4 Å². The van der Waals surface area contributed by atoms with Gasteiger partial charge in [-0.25, -0.2) is 9.59 Å². The molecule has 0 saturated heterocycles. The molecule has 0 amide bonds. The van der Waals surface area contributed by atoms with Crippen molar-refractivity contribution in [2.24, 2.45) is 0 Å². The molecule has 0 unspecified atom stereocenters. The van der Waals surface area contributed by atoms with Crippen molar-refractivity contribution in [3.8, 4) is 0 Å². The number of aryl methyl sites for hydroxylation is 2. The summed E-state index contributed by atoms with van der Waals surface area (Å²) in [6, 6.07) is 12.7. The SMILES string of the molecule is Cc1cc(NC2=Cc3ccccc3CC2)ccn1.O=C(O)/C=C/C(=O)O. The third-order valence-corrected chi connectivity index (χ3v) is 3.62. The van der Waals surface area contributed by atoms with Crippen LogP contribution in [-0.2, 0) is 16.0 Å². The Morgan fingerprint density at radius 3 is 2.42 bits per heavy atom. The van der Waals surface area contributed by atoms with Gasteiger partial charge in [0.1, 0.15) is 0 Å². The quantitative estimate of drug-likeness (QED) is 0.728. The van der Waals surface area contributed by atoms with Gasteiger partial charge in [-0.15, -0.1) is 0 Å². The van der Waals surface area contributed by atoms with E-state index in [0.29, 0.717) is 12.2 Å². The maximum absolute atomic E-state index is 9.55. The molecule has 1 aliphatic carbocycles. The van der Waals surface area contributed by atoms with Crippen LogP contribution in [-0.4, -0.2) is 27.1 Å². The zero-order chi connectivity index (χ0) is 18.9. The minimum Gasteiger partial charge on any atom is -0.478 e. The number of carboxylic acids is 2. The lowest BCUT2D eigenvalue weighted by molar-refractivity contribution is -0.134. The van der Waals surface area contributed by atoms with E-state index in [1.807, 2.05) is 19.2 Å². The highest BCUT2D eigenvalue weighted by Gasteiger charge is 2.09. The highest BCUT2D eigenvalue weighted by atomic mass is 16.4. The maximum atomic E-state index is 9.55. The summed E-state index contributed by atoms with van der Waals surface area (Å²) in [7, 11) is 0. The summed E-state index contributed by atoms with van der Waals surface area (Å²) in [5, 5.41) is 19.1. The largest absolute Gasteiger partial charge is 0.478 e. The number of carbonyl (C=O) groups is 2. The van der Waals surface area contributed by atoms with Crippen molar-refractivity contribution in [2.75, 3.05) is 5.32 Å². The van der Waals surface area contributed by atoms with Crippen LogP contribution in [0, 0.1) is 6.92 Å². The molecule has 0 aliphatic heterocycles. The number of hydrogen-bond donors (Lipinski definition) is 3. The van der Waals surface area contributed by atoms with Gasteiger partial charge in [0.2, 0.25) is 0 Å². The maximum Gasteiger partial charge on any atom is 0.328 e. The molecule has 0 atom stereocenters. The summed E-state index contributed by atoms with van der Waals surface area (Å²) < 4.78 is 0. The molecular weight excluding hydrogens is 332 g/mol. The topological polar surface area (TPSA) is 99.5 Å². The van der Waals surface area contributed by atoms with E-state index in [2.05, 4.69) is 46.7 Å². The van der Waals surface area contributed by atoms with Gasteiger partial charge in [0.05, 0.1) is 0 Å². The first kappa shape index (κ1) is 18.9. The molecule has 0 bridgehead atoms. The number of nitrogens with one attached hydrogen (secondary N) is 1. The fourth-order valence-corrected chi connectivity index (χ4v) is 2.48. The predicted octanol–water partition coefficient (Wildman–Crippen LogP) is 3.50. The molecule has 0 saturated carbocycles. The summed E-state index contributed by atoms with van der Waals surface area (Å²) in [6.07, 6.45) is 7.38. The minimum atomic E-state index is -1.26. The van der Waals surface area contributed by atoms with Crippen LogP contribution in [0.4, 0.5) is 5.69 Å². The number of hydrogen-bond acceptors (Lipinski definition) is 4. The van der Waals surface area contributed by atoms with Crippen molar-refractivity contribution in [3.05, 3.63) is 77.3 Å². The number of allylic oxidation sites excluding steroid dienone is 1. The Bertz CT molecular complexity index is 840. The lowest BCUT2D eigenvalue weighted by Gasteiger charge is -2.18. The van der Waals surface area contributed by atoms with Crippen molar-refractivity contribution < 1.29 is 19.8 Å². The summed E-state index contributed by atoms with van der Waals surface area (Å²) in [5.41, 5.74) is 6.20. The lowest BCUT2D eigenvalue weighted by atomic mass is 9.95. The van der Waals surface area contributed by atoms with Crippen LogP contribution in [0.2, 0.25) is 0 Å². The second-order valence-corrected chi connectivity index (χ2v) is 5.69. The first-order valence-corrected chi connectivity index (χ1v) is 8.06. The van der Waals surface area contributed by atoms with E-state index >= 15 is 0 Å². The number of rotatable bonds is 4. The van der Waals surface area contributed by atoms with Crippen molar-refractivity contribution in [3.63, 3.8) is 0 Å². The molecule has 0 fully saturated rings. The summed E-state index contributed by atoms with van der Waals surface area (Å²) in [5.74, 6) is -2.51. The Hall–Kier alpha value is -3.41. The Kier molecular flexibility index (Phi) is 6.68. The van der Waals surface area contributed by atoms with Gasteiger partial charge in [0.15, 0.2) is 0 Å². The zero-order valence-corrected chi connectivity index (χ0v) is 14.3. The van der Waals surface area contributed by atoms with Crippen molar-refractivity contribution in [2.45, 2.75) is 19.8 Å². The third kappa shape index (κ3) is 6.24. The molecule has 134 valence electrons. The number of carboxylic acid groups (broad SMARTS) is 2. The van der Waals surface area contributed by atoms with Crippen molar-refractivity contribution in [1.82, 2.24) is 4.98 Å². The summed E-state index contributed by atoms with van der Waals surface area (Å²) in [6.45, 7) is 2.01. The minimum absolute atomic E-state index is 0.558. The first-order valence-electron chi connectivity index (χ1n) is 8.06. The highest BCUT2D eigenvalue weighted by Crippen LogP contribution is 2.24. The molecule has 0 radical (unpaired) electrons. The number of aliphatic carboxylic acids is 2. The van der Waals surface area contributed by atoms with Crippen molar-refractivity contribution >= 4 is 23.7 Å². The van der Waals surface area contributed by atoms with Crippen molar-refractivity contribution in [1.29, 1.82) is 0 Å². The fraction of sp³-hybridized carbons (Fsp3) is 0.150. The summed E-state index contributed by atoms with van der Waals surface area (Å²) >= 11 is 0. The molecular formula is C20H20N2O4. The molecule has 3 rings (SSSR count). The Morgan fingerprint density at radius 2 is 1.77 bits per heavy atom. The van der Waals surface area contributed by atoms with Gasteiger partial charge in [0.25, 0.3) is 0 Å². The Labute approximate surface area is 151 Å². The smallest absolute Gasteiger partial charge is 0.328 e. The number of anilines is 1. The van der Waals surface area contributed by atoms with Gasteiger partial charge in [-0.05, 0) is 49.1 Å². The molecule has 1 heterocycles. The molecule has 6 nitrogen and oxygen atoms in total. The zero-order valence-electron chi connectivity index (χ0n) is 14.3. The van der Waals surface area contributed by atoms with Gasteiger partial charge in [-0.3, -0.25) is 4.98 Å². The summed E-state index contributed by atoms with van der Waals surface area (Å²) in [4.78, 5) is 23.3. The second-order valence-electron chi connectivity index (χ2n) is 5.69. The lowest BCUT2D eigenvalue weighted by Crippen LogP contribution is -2.06. The van der Waals surface area contributed by atoms with E-state index in [1.54, 1.807) is 0 Å². The van der Waals surface area contributed by atoms with Crippen LogP contribution < -0.4 is 5.32 Å². The van der Waals surface area contributed by atoms with Crippen LogP contribution in [0.1, 0.15) is 23.2 Å². The number of nitrogens with zero attached hydrogens (tertiary/aromatic N) is 1. The predicted molar refractivity (Wildman–Crippen MR) is 99.7 cm³/mol. The van der Waals surface area contributed by atoms with E-state index in [9.17, 15) is 9.59 Å².